The fourth-order valence-corrected chi connectivity index (χ4v) is 4.99. The predicted octanol–water partition coefficient (Wildman–Crippen LogP) is 5.22. The molecule has 0 radical (unpaired) electrons. The number of allylic oxidation sites excluding steroid dienone is 3. The Labute approximate surface area is 173 Å². The number of aryl methyl sites for hydroxylation is 1. The maximum atomic E-state index is 12.3. The van der Waals surface area contributed by atoms with E-state index in [1.54, 1.807) is 11.3 Å². The largest absolute Gasteiger partial charge is 0.481 e. The molecule has 1 saturated carbocycles. The molecule has 2 N–H and O–H groups in total. The first-order chi connectivity index (χ1) is 12.9. The van der Waals surface area contributed by atoms with Crippen molar-refractivity contribution in [3.8, 4) is 0 Å². The Bertz CT molecular complexity index is 700. The molecule has 6 heteroatoms. The van der Waals surface area contributed by atoms with Gasteiger partial charge in [-0.05, 0) is 61.0 Å². The molecule has 0 aliphatic heterocycles. The van der Waals surface area contributed by atoms with E-state index in [-0.39, 0.29) is 24.2 Å². The van der Waals surface area contributed by atoms with Gasteiger partial charge in [-0.1, -0.05) is 23.8 Å². The van der Waals surface area contributed by atoms with Crippen LogP contribution in [0.3, 0.4) is 0 Å². The van der Waals surface area contributed by atoms with E-state index in [0.717, 1.165) is 35.0 Å². The minimum Gasteiger partial charge on any atom is -0.481 e. The fraction of sp³-hybridized carbons (Fsp3) is 0.524. The summed E-state index contributed by atoms with van der Waals surface area (Å²) < 4.78 is 1.06. The van der Waals surface area contributed by atoms with Crippen LogP contribution in [0.25, 0.3) is 0 Å². The maximum absolute atomic E-state index is 12.3. The summed E-state index contributed by atoms with van der Waals surface area (Å²) in [5.74, 6) is -0.498. The number of unbranched alkanes of at least 4 members (excludes halogenated alkanes) is 1. The third-order valence-corrected chi connectivity index (χ3v) is 7.00. The summed E-state index contributed by atoms with van der Waals surface area (Å²) in [7, 11) is 0. The first kappa shape index (κ1) is 22.1. The molecular formula is C21H27BrO4S. The number of thiophene rings is 1. The van der Waals surface area contributed by atoms with Gasteiger partial charge < -0.3 is 10.2 Å². The van der Waals surface area contributed by atoms with Crippen LogP contribution in [0, 0.1) is 12.8 Å². The second-order valence-corrected chi connectivity index (χ2v) is 9.22. The number of rotatable bonds is 10. The van der Waals surface area contributed by atoms with Crippen LogP contribution in [-0.2, 0) is 16.0 Å². The van der Waals surface area contributed by atoms with E-state index in [9.17, 15) is 14.7 Å². The summed E-state index contributed by atoms with van der Waals surface area (Å²) in [6, 6.07) is 2.02. The van der Waals surface area contributed by atoms with E-state index in [4.69, 9.17) is 5.11 Å². The first-order valence-corrected chi connectivity index (χ1v) is 11.0. The van der Waals surface area contributed by atoms with Crippen molar-refractivity contribution in [1.29, 1.82) is 0 Å². The molecule has 1 aromatic rings. The first-order valence-electron chi connectivity index (χ1n) is 9.37. The number of carboxylic acid groups (broad SMARTS) is 1. The van der Waals surface area contributed by atoms with Crippen LogP contribution in [0.1, 0.15) is 54.7 Å². The summed E-state index contributed by atoms with van der Waals surface area (Å²) in [5, 5.41) is 18.9. The van der Waals surface area contributed by atoms with Crippen LogP contribution in [0.2, 0.25) is 0 Å². The number of carbonyl (C=O) groups is 2. The molecule has 1 fully saturated rings. The monoisotopic (exact) mass is 454 g/mol. The number of hydrogen-bond acceptors (Lipinski definition) is 4. The highest BCUT2D eigenvalue weighted by molar-refractivity contribution is 9.10. The molecule has 1 aromatic heterocycles. The Hall–Kier alpha value is -1.24. The lowest BCUT2D eigenvalue weighted by atomic mass is 9.95. The van der Waals surface area contributed by atoms with E-state index in [1.165, 1.54) is 10.5 Å². The number of aliphatic carboxylic acids is 1. The minimum atomic E-state index is -0.769. The lowest BCUT2D eigenvalue weighted by Gasteiger charge is -2.14. The number of aliphatic hydroxyl groups excluding tert-OH is 1. The number of hydrogen-bond donors (Lipinski definition) is 2. The third-order valence-electron chi connectivity index (χ3n) is 4.86. The Morgan fingerprint density at radius 2 is 2.15 bits per heavy atom. The van der Waals surface area contributed by atoms with Crippen molar-refractivity contribution < 1.29 is 19.8 Å². The van der Waals surface area contributed by atoms with Crippen molar-refractivity contribution >= 4 is 39.0 Å². The van der Waals surface area contributed by atoms with Gasteiger partial charge in [-0.2, -0.15) is 0 Å². The molecule has 2 atom stereocenters. The zero-order valence-corrected chi connectivity index (χ0v) is 18.0. The van der Waals surface area contributed by atoms with Gasteiger partial charge >= 0.3 is 5.97 Å². The molecular weight excluding hydrogens is 428 g/mol. The third kappa shape index (κ3) is 7.35. The van der Waals surface area contributed by atoms with E-state index < -0.39 is 5.97 Å². The molecule has 148 valence electrons. The van der Waals surface area contributed by atoms with Crippen LogP contribution in [-0.4, -0.2) is 28.1 Å². The zero-order valence-electron chi connectivity index (χ0n) is 15.6. The molecule has 4 nitrogen and oxygen atoms in total. The van der Waals surface area contributed by atoms with Gasteiger partial charge in [-0.15, -0.1) is 11.3 Å². The Balaban J connectivity index is 1.82. The highest BCUT2D eigenvalue weighted by atomic mass is 79.9. The summed E-state index contributed by atoms with van der Waals surface area (Å²) >= 11 is 5.13. The van der Waals surface area contributed by atoms with Gasteiger partial charge in [0.25, 0.3) is 0 Å². The lowest BCUT2D eigenvalue weighted by Crippen LogP contribution is -2.13. The molecule has 0 bridgehead atoms. The van der Waals surface area contributed by atoms with Gasteiger partial charge in [0.2, 0.25) is 0 Å². The van der Waals surface area contributed by atoms with E-state index >= 15 is 0 Å². The summed E-state index contributed by atoms with van der Waals surface area (Å²) in [6.45, 7) is 2.03. The van der Waals surface area contributed by atoms with Crippen LogP contribution in [0.15, 0.2) is 34.3 Å². The van der Waals surface area contributed by atoms with Crippen molar-refractivity contribution in [2.24, 2.45) is 5.92 Å². The normalized spacial score (nSPS) is 21.4. The Kier molecular flexibility index (Phi) is 8.93. The van der Waals surface area contributed by atoms with Gasteiger partial charge in [0.15, 0.2) is 0 Å². The molecule has 0 saturated heterocycles. The molecule has 1 unspecified atom stereocenters. The van der Waals surface area contributed by atoms with Gasteiger partial charge in [0.05, 0.1) is 6.10 Å². The van der Waals surface area contributed by atoms with Gasteiger partial charge in [-0.25, -0.2) is 0 Å². The molecule has 1 aliphatic carbocycles. The highest BCUT2D eigenvalue weighted by Crippen LogP contribution is 2.35. The fourth-order valence-electron chi connectivity index (χ4n) is 3.36. The number of carbonyl (C=O) groups excluding carboxylic acids is 1. The van der Waals surface area contributed by atoms with E-state index in [0.29, 0.717) is 19.3 Å². The number of Topliss-reactive ketones (excluding diaryl/α,β-unsaturated/α-hetero) is 1. The second-order valence-electron chi connectivity index (χ2n) is 7.02. The molecule has 0 aromatic carbocycles. The van der Waals surface area contributed by atoms with E-state index in [1.807, 2.05) is 31.2 Å². The molecule has 27 heavy (non-hydrogen) atoms. The molecule has 1 heterocycles. The average molecular weight is 455 g/mol. The van der Waals surface area contributed by atoms with Crippen molar-refractivity contribution in [3.05, 3.63) is 44.1 Å². The number of ketones is 1. The molecule has 0 amide bonds. The van der Waals surface area contributed by atoms with Crippen molar-refractivity contribution in [2.75, 3.05) is 0 Å². The Morgan fingerprint density at radius 3 is 2.81 bits per heavy atom. The maximum Gasteiger partial charge on any atom is 0.303 e. The standard InChI is InChI=1S/C21H27BrO4S/c1-14-19(22)13-17(27-14)12-16(23)10-8-15-9-11-20(24)18(15)6-4-2-3-5-7-21(25)26/h2,4,8,13,18,20,24H,3,5-7,9-12H2,1H3,(H,25,26)/t18-,20?/m1/s1. The number of carboxylic acids is 1. The minimum absolute atomic E-state index is 0.0756. The molecule has 2 rings (SSSR count). The second kappa shape index (κ2) is 10.9. The highest BCUT2D eigenvalue weighted by Gasteiger charge is 2.28. The summed E-state index contributed by atoms with van der Waals surface area (Å²) in [6.07, 6.45) is 10.4. The number of aliphatic hydroxyl groups is 1. The predicted molar refractivity (Wildman–Crippen MR) is 112 cm³/mol. The zero-order chi connectivity index (χ0) is 19.8. The SMILES string of the molecule is Cc1sc(CC(=O)CC=C2CCC(O)[C@@H]2CC=CCCCC(=O)O)cc1Br. The smallest absolute Gasteiger partial charge is 0.303 e. The Morgan fingerprint density at radius 1 is 1.37 bits per heavy atom. The number of halogens is 1. The van der Waals surface area contributed by atoms with Gasteiger partial charge in [-0.3, -0.25) is 9.59 Å². The van der Waals surface area contributed by atoms with Crippen LogP contribution >= 0.6 is 27.3 Å². The van der Waals surface area contributed by atoms with Crippen molar-refractivity contribution in [3.63, 3.8) is 0 Å². The van der Waals surface area contributed by atoms with Crippen LogP contribution in [0.5, 0.6) is 0 Å². The van der Waals surface area contributed by atoms with Gasteiger partial charge in [0, 0.05) is 39.4 Å². The lowest BCUT2D eigenvalue weighted by molar-refractivity contribution is -0.137. The van der Waals surface area contributed by atoms with Gasteiger partial charge in [0.1, 0.15) is 5.78 Å². The quantitative estimate of drug-likeness (QED) is 0.375. The summed E-state index contributed by atoms with van der Waals surface area (Å²) in [4.78, 5) is 25.0. The average Bonchev–Trinajstić information content (AvgIpc) is 3.10. The molecule has 1 aliphatic rings. The molecule has 0 spiro atoms. The summed E-state index contributed by atoms with van der Waals surface area (Å²) in [5.41, 5.74) is 1.18. The van der Waals surface area contributed by atoms with E-state index in [2.05, 4.69) is 15.9 Å². The van der Waals surface area contributed by atoms with Crippen LogP contribution < -0.4 is 0 Å². The van der Waals surface area contributed by atoms with Crippen molar-refractivity contribution in [1.82, 2.24) is 0 Å². The topological polar surface area (TPSA) is 74.6 Å². The van der Waals surface area contributed by atoms with Crippen molar-refractivity contribution in [2.45, 2.75) is 64.4 Å². The van der Waals surface area contributed by atoms with Crippen LogP contribution in [0.4, 0.5) is 0 Å².